The van der Waals surface area contributed by atoms with Crippen molar-refractivity contribution in [3.63, 3.8) is 0 Å². The van der Waals surface area contributed by atoms with Crippen LogP contribution in [0.15, 0.2) is 18.2 Å². The van der Waals surface area contributed by atoms with Gasteiger partial charge in [-0.15, -0.1) is 0 Å². The van der Waals surface area contributed by atoms with Gasteiger partial charge >= 0.3 is 0 Å². The van der Waals surface area contributed by atoms with Crippen molar-refractivity contribution in [2.75, 3.05) is 0 Å². The molecule has 0 amide bonds. The summed E-state index contributed by atoms with van der Waals surface area (Å²) in [5, 5.41) is 19.9. The molecule has 0 saturated heterocycles. The standard InChI is InChI=1S/C18H23FO2/c1-18-7-6-13-12-5-3-11(20)8-10(12)2-4-14(13)15(18)9-16(19)17(18)21/h3,5,8,13-17,20-21H,2,4,6-7,9H2,1H3/t13-,14-,15+,16-,17+,18+/m1/s1/i19-1. The van der Waals surface area contributed by atoms with Crippen molar-refractivity contribution in [3.05, 3.63) is 29.3 Å². The molecule has 0 unspecified atom stereocenters. The van der Waals surface area contributed by atoms with Crippen molar-refractivity contribution in [2.45, 2.75) is 57.2 Å². The van der Waals surface area contributed by atoms with E-state index in [1.54, 1.807) is 6.07 Å². The van der Waals surface area contributed by atoms with E-state index in [-0.39, 0.29) is 5.41 Å². The first kappa shape index (κ1) is 13.6. The number of phenols is 1. The Morgan fingerprint density at radius 3 is 2.90 bits per heavy atom. The van der Waals surface area contributed by atoms with Crippen molar-refractivity contribution >= 4 is 0 Å². The molecule has 6 atom stereocenters. The molecule has 2 N–H and O–H groups in total. The van der Waals surface area contributed by atoms with E-state index in [2.05, 4.69) is 13.0 Å². The van der Waals surface area contributed by atoms with Gasteiger partial charge in [0.05, 0.1) is 6.10 Å². The molecule has 114 valence electrons. The first-order valence-electron chi connectivity index (χ1n) is 8.14. The monoisotopic (exact) mass is 289 g/mol. The summed E-state index contributed by atoms with van der Waals surface area (Å²) in [5.74, 6) is 1.59. The van der Waals surface area contributed by atoms with Crippen LogP contribution >= 0.6 is 0 Å². The molecule has 0 aromatic heterocycles. The maximum atomic E-state index is 14.1. The van der Waals surface area contributed by atoms with Gasteiger partial charge in [0.15, 0.2) is 0 Å². The summed E-state index contributed by atoms with van der Waals surface area (Å²) < 4.78 is 14.1. The third-order valence-corrected chi connectivity index (χ3v) is 6.65. The fraction of sp³-hybridized carbons (Fsp3) is 0.667. The number of phenolic OH excluding ortho intramolecular Hbond substituents is 1. The van der Waals surface area contributed by atoms with E-state index in [4.69, 9.17) is 0 Å². The minimum Gasteiger partial charge on any atom is -0.508 e. The van der Waals surface area contributed by atoms with Gasteiger partial charge in [0.1, 0.15) is 11.9 Å². The Hall–Kier alpha value is -1.09. The van der Waals surface area contributed by atoms with Gasteiger partial charge in [-0.25, -0.2) is 4.39 Å². The number of halogens is 1. The zero-order valence-corrected chi connectivity index (χ0v) is 12.4. The average molecular weight is 289 g/mol. The number of aryl methyl sites for hydroxylation is 1. The first-order chi connectivity index (χ1) is 10.0. The van der Waals surface area contributed by atoms with Crippen molar-refractivity contribution in [1.29, 1.82) is 0 Å². The lowest BCUT2D eigenvalue weighted by atomic mass is 9.55. The topological polar surface area (TPSA) is 40.5 Å². The Bertz CT molecular complexity index is 572. The minimum atomic E-state index is -1.06. The smallest absolute Gasteiger partial charge is 0.127 e. The molecule has 21 heavy (non-hydrogen) atoms. The Morgan fingerprint density at radius 1 is 1.29 bits per heavy atom. The van der Waals surface area contributed by atoms with Crippen LogP contribution in [-0.4, -0.2) is 22.5 Å². The van der Waals surface area contributed by atoms with E-state index in [1.165, 1.54) is 11.1 Å². The molecule has 3 aliphatic rings. The number of aliphatic hydroxyl groups is 1. The first-order valence-corrected chi connectivity index (χ1v) is 8.14. The second-order valence-corrected chi connectivity index (χ2v) is 7.54. The number of benzene rings is 1. The fourth-order valence-electron chi connectivity index (χ4n) is 5.51. The zero-order chi connectivity index (χ0) is 14.8. The summed E-state index contributed by atoms with van der Waals surface area (Å²) in [6.07, 6.45) is 2.63. The zero-order valence-electron chi connectivity index (χ0n) is 12.4. The molecule has 2 saturated carbocycles. The molecular weight excluding hydrogens is 266 g/mol. The molecule has 1 aromatic carbocycles. The van der Waals surface area contributed by atoms with Crippen LogP contribution in [0.1, 0.15) is 49.7 Å². The Labute approximate surface area is 125 Å². The summed E-state index contributed by atoms with van der Waals surface area (Å²) in [6, 6.07) is 5.72. The predicted octanol–water partition coefficient (Wildman–Crippen LogP) is 3.56. The van der Waals surface area contributed by atoms with E-state index in [0.717, 1.165) is 25.7 Å². The average Bonchev–Trinajstić information content (AvgIpc) is 2.70. The van der Waals surface area contributed by atoms with Crippen LogP contribution in [0.25, 0.3) is 0 Å². The summed E-state index contributed by atoms with van der Waals surface area (Å²) in [5.41, 5.74) is 2.37. The fourth-order valence-corrected chi connectivity index (χ4v) is 5.51. The van der Waals surface area contributed by atoms with E-state index in [9.17, 15) is 14.6 Å². The van der Waals surface area contributed by atoms with E-state index < -0.39 is 12.3 Å². The van der Waals surface area contributed by atoms with Crippen LogP contribution in [-0.2, 0) is 6.42 Å². The highest BCUT2D eigenvalue weighted by Crippen LogP contribution is 2.61. The van der Waals surface area contributed by atoms with E-state index in [1.807, 2.05) is 6.07 Å². The molecule has 0 radical (unpaired) electrons. The second-order valence-electron chi connectivity index (χ2n) is 7.54. The number of rotatable bonds is 0. The summed E-state index contributed by atoms with van der Waals surface area (Å²) in [7, 11) is 0. The lowest BCUT2D eigenvalue weighted by Gasteiger charge is -2.49. The molecule has 0 bridgehead atoms. The number of aromatic hydroxyl groups is 1. The molecule has 1 aromatic rings. The van der Waals surface area contributed by atoms with Gasteiger partial charge in [0.25, 0.3) is 0 Å². The number of fused-ring (bicyclic) bond motifs is 5. The van der Waals surface area contributed by atoms with Gasteiger partial charge in [0, 0.05) is 0 Å². The molecule has 2 nitrogen and oxygen atoms in total. The molecular formula is C18H23FO2. The molecule has 3 heteroatoms. The van der Waals surface area contributed by atoms with Gasteiger partial charge in [-0.2, -0.15) is 0 Å². The van der Waals surface area contributed by atoms with Gasteiger partial charge in [-0.3, -0.25) is 0 Å². The number of hydrogen-bond acceptors (Lipinski definition) is 2. The van der Waals surface area contributed by atoms with Crippen LogP contribution in [0.4, 0.5) is 4.39 Å². The van der Waals surface area contributed by atoms with Gasteiger partial charge < -0.3 is 10.2 Å². The number of hydrogen-bond donors (Lipinski definition) is 2. The molecule has 0 heterocycles. The minimum absolute atomic E-state index is 0.241. The van der Waals surface area contributed by atoms with E-state index >= 15 is 0 Å². The second kappa shape index (κ2) is 4.45. The van der Waals surface area contributed by atoms with Crippen LogP contribution < -0.4 is 0 Å². The van der Waals surface area contributed by atoms with Crippen LogP contribution in [0, 0.1) is 17.3 Å². The lowest BCUT2D eigenvalue weighted by Crippen LogP contribution is -2.44. The summed E-state index contributed by atoms with van der Waals surface area (Å²) in [4.78, 5) is 0. The molecule has 0 aliphatic heterocycles. The Balaban J connectivity index is 1.71. The maximum absolute atomic E-state index is 14.1. The molecule has 3 aliphatic carbocycles. The van der Waals surface area contributed by atoms with Gasteiger partial charge in [0.2, 0.25) is 0 Å². The number of aliphatic hydroxyl groups excluding tert-OH is 1. The normalized spacial score (nSPS) is 44.8. The molecule has 2 fully saturated rings. The Kier molecular flexibility index (Phi) is 2.88. The summed E-state index contributed by atoms with van der Waals surface area (Å²) in [6.45, 7) is 2.09. The van der Waals surface area contributed by atoms with Crippen LogP contribution in [0.2, 0.25) is 0 Å². The Morgan fingerprint density at radius 2 is 2.10 bits per heavy atom. The molecule has 4 rings (SSSR count). The third kappa shape index (κ3) is 1.79. The van der Waals surface area contributed by atoms with Gasteiger partial charge in [-0.05, 0) is 78.5 Å². The highest BCUT2D eigenvalue weighted by Gasteiger charge is 2.58. The third-order valence-electron chi connectivity index (χ3n) is 6.65. The van der Waals surface area contributed by atoms with Crippen LogP contribution in [0.3, 0.4) is 0 Å². The SMILES string of the molecule is C[C@]12CC[C@@H]3c4ccc(O)cc4CC[C@H]3[C@@H]1C[C@@H]([18F])[C@@H]2O. The maximum Gasteiger partial charge on any atom is 0.127 e. The van der Waals surface area contributed by atoms with Crippen molar-refractivity contribution in [3.8, 4) is 5.75 Å². The quantitative estimate of drug-likeness (QED) is 0.766. The largest absolute Gasteiger partial charge is 0.508 e. The van der Waals surface area contributed by atoms with Crippen LogP contribution in [0.5, 0.6) is 5.75 Å². The van der Waals surface area contributed by atoms with Crippen molar-refractivity contribution in [1.82, 2.24) is 0 Å². The van der Waals surface area contributed by atoms with E-state index in [0.29, 0.717) is 29.9 Å². The van der Waals surface area contributed by atoms with Gasteiger partial charge in [-0.1, -0.05) is 13.0 Å². The lowest BCUT2D eigenvalue weighted by molar-refractivity contribution is -0.0365. The molecule has 0 spiro atoms. The summed E-state index contributed by atoms with van der Waals surface area (Å²) >= 11 is 0. The number of alkyl halides is 1. The van der Waals surface area contributed by atoms with Crippen molar-refractivity contribution in [2.24, 2.45) is 17.3 Å². The predicted molar refractivity (Wildman–Crippen MR) is 79.0 cm³/mol. The highest BCUT2D eigenvalue weighted by atomic mass is 18.2. The highest BCUT2D eigenvalue weighted by molar-refractivity contribution is 5.40. The van der Waals surface area contributed by atoms with Crippen molar-refractivity contribution < 1.29 is 14.6 Å².